The van der Waals surface area contributed by atoms with Gasteiger partial charge in [0.05, 0.1) is 17.7 Å². The number of methoxy groups -OCH3 is 1. The zero-order valence-electron chi connectivity index (χ0n) is 16.0. The molecule has 0 radical (unpaired) electrons. The van der Waals surface area contributed by atoms with E-state index in [9.17, 15) is 8.42 Å². The highest BCUT2D eigenvalue weighted by atomic mass is 32.2. The number of hydrogen-bond acceptors (Lipinski definition) is 5. The maximum Gasteiger partial charge on any atom is 0.240 e. The van der Waals surface area contributed by atoms with E-state index < -0.39 is 10.0 Å². The molecule has 0 saturated carbocycles. The third-order valence-corrected chi connectivity index (χ3v) is 5.45. The summed E-state index contributed by atoms with van der Waals surface area (Å²) in [5.41, 5.74) is 5.00. The molecule has 0 unspecified atom stereocenters. The van der Waals surface area contributed by atoms with E-state index in [0.717, 1.165) is 23.4 Å². The number of sulfonamides is 1. The normalized spacial score (nSPS) is 11.8. The number of thiocarbonyl (C=S) groups is 1. The third kappa shape index (κ3) is 6.29. The van der Waals surface area contributed by atoms with Gasteiger partial charge >= 0.3 is 0 Å². The molecule has 0 aliphatic carbocycles. The summed E-state index contributed by atoms with van der Waals surface area (Å²) in [4.78, 5) is 0.223. The van der Waals surface area contributed by atoms with Crippen LogP contribution in [0.4, 0.5) is 5.69 Å². The van der Waals surface area contributed by atoms with Crippen LogP contribution in [-0.4, -0.2) is 32.9 Å². The highest BCUT2D eigenvalue weighted by Gasteiger charge is 2.12. The lowest BCUT2D eigenvalue weighted by Crippen LogP contribution is -2.25. The Morgan fingerprint density at radius 1 is 1.18 bits per heavy atom. The molecule has 0 aliphatic heterocycles. The van der Waals surface area contributed by atoms with Crippen LogP contribution in [0.5, 0.6) is 5.75 Å². The summed E-state index contributed by atoms with van der Waals surface area (Å²) in [6.07, 6.45) is 0.735. The highest BCUT2D eigenvalue weighted by molar-refractivity contribution is 7.89. The molecule has 2 rings (SSSR count). The van der Waals surface area contributed by atoms with Crippen LogP contribution in [0, 0.1) is 0 Å². The van der Waals surface area contributed by atoms with Crippen molar-refractivity contribution in [2.45, 2.75) is 25.2 Å². The number of hydrazone groups is 1. The summed E-state index contributed by atoms with van der Waals surface area (Å²) in [6, 6.07) is 13.9. The van der Waals surface area contributed by atoms with Gasteiger partial charge in [0.25, 0.3) is 0 Å². The van der Waals surface area contributed by atoms with Gasteiger partial charge in [0.15, 0.2) is 5.11 Å². The van der Waals surface area contributed by atoms with Crippen molar-refractivity contribution in [1.82, 2.24) is 10.1 Å². The minimum absolute atomic E-state index is 0.223. The van der Waals surface area contributed by atoms with Crippen molar-refractivity contribution < 1.29 is 13.2 Å². The Morgan fingerprint density at radius 2 is 1.89 bits per heavy atom. The lowest BCUT2D eigenvalue weighted by atomic mass is 10.1. The minimum atomic E-state index is -3.48. The molecular formula is C19H24N4O3S2. The Kier molecular flexibility index (Phi) is 7.91. The molecule has 2 aromatic carbocycles. The van der Waals surface area contributed by atoms with Crippen LogP contribution in [-0.2, 0) is 10.0 Å². The van der Waals surface area contributed by atoms with Crippen LogP contribution in [0.1, 0.15) is 25.8 Å². The average molecular weight is 421 g/mol. The summed E-state index contributed by atoms with van der Waals surface area (Å²) < 4.78 is 31.9. The molecule has 0 atom stereocenters. The smallest absolute Gasteiger partial charge is 0.240 e. The molecule has 7 nitrogen and oxygen atoms in total. The molecule has 3 N–H and O–H groups in total. The lowest BCUT2D eigenvalue weighted by molar-refractivity contribution is 0.415. The first-order chi connectivity index (χ1) is 13.4. The number of rotatable bonds is 8. The van der Waals surface area contributed by atoms with Crippen molar-refractivity contribution in [3.63, 3.8) is 0 Å². The fraction of sp³-hybridized carbons (Fsp3) is 0.263. The van der Waals surface area contributed by atoms with Crippen LogP contribution in [0.2, 0.25) is 0 Å². The molecule has 2 aromatic rings. The molecule has 9 heteroatoms. The van der Waals surface area contributed by atoms with Gasteiger partial charge in [-0.2, -0.15) is 5.10 Å². The highest BCUT2D eigenvalue weighted by Crippen LogP contribution is 2.16. The van der Waals surface area contributed by atoms with E-state index in [-0.39, 0.29) is 4.90 Å². The molecule has 0 saturated heterocycles. The fourth-order valence-electron chi connectivity index (χ4n) is 2.25. The van der Waals surface area contributed by atoms with Crippen molar-refractivity contribution in [2.24, 2.45) is 5.10 Å². The Balaban J connectivity index is 1.99. The van der Waals surface area contributed by atoms with E-state index in [1.807, 2.05) is 31.2 Å². The first-order valence-corrected chi connectivity index (χ1v) is 10.6. The number of ether oxygens (including phenoxy) is 1. The Bertz CT molecular complexity index is 942. The Hall–Kier alpha value is -2.49. The summed E-state index contributed by atoms with van der Waals surface area (Å²) in [7, 11) is -1.88. The Morgan fingerprint density at radius 3 is 2.54 bits per heavy atom. The molecule has 0 aromatic heterocycles. The lowest BCUT2D eigenvalue weighted by Gasteiger charge is -2.10. The summed E-state index contributed by atoms with van der Waals surface area (Å²) in [5.74, 6) is 0.718. The molecule has 150 valence electrons. The van der Waals surface area contributed by atoms with Crippen LogP contribution in [0.3, 0.4) is 0 Å². The molecule has 0 aliphatic rings. The predicted octanol–water partition coefficient (Wildman–Crippen LogP) is 3.09. The van der Waals surface area contributed by atoms with Crippen LogP contribution in [0.25, 0.3) is 0 Å². The first-order valence-electron chi connectivity index (χ1n) is 8.71. The van der Waals surface area contributed by atoms with Gasteiger partial charge in [0.1, 0.15) is 5.75 Å². The standard InChI is InChI=1S/C19H24N4O3S2/c1-4-12-20-28(24,25)18-10-8-15(9-11-18)14(2)22-23-19(27)21-16-6-5-7-17(13-16)26-3/h5-11,13,20H,4,12H2,1-3H3,(H2,21,23,27)/b22-14-. The minimum Gasteiger partial charge on any atom is -0.497 e. The summed E-state index contributed by atoms with van der Waals surface area (Å²) in [6.45, 7) is 4.12. The van der Waals surface area contributed by atoms with E-state index in [1.165, 1.54) is 0 Å². The molecule has 0 amide bonds. The van der Waals surface area contributed by atoms with Gasteiger partial charge in [-0.05, 0) is 55.4 Å². The second-order valence-electron chi connectivity index (χ2n) is 5.92. The van der Waals surface area contributed by atoms with Crippen LogP contribution in [0.15, 0.2) is 58.5 Å². The fourth-order valence-corrected chi connectivity index (χ4v) is 3.55. The molecule has 0 bridgehead atoms. The number of anilines is 1. The maximum atomic E-state index is 12.1. The average Bonchev–Trinajstić information content (AvgIpc) is 2.70. The molecule has 0 fully saturated rings. The van der Waals surface area contributed by atoms with Crippen molar-refractivity contribution >= 4 is 38.8 Å². The van der Waals surface area contributed by atoms with E-state index in [1.54, 1.807) is 38.3 Å². The second-order valence-corrected chi connectivity index (χ2v) is 8.09. The quantitative estimate of drug-likeness (QED) is 0.345. The van der Waals surface area contributed by atoms with Crippen LogP contribution >= 0.6 is 12.2 Å². The number of nitrogens with one attached hydrogen (secondary N) is 3. The maximum absolute atomic E-state index is 12.1. The predicted molar refractivity (Wildman–Crippen MR) is 116 cm³/mol. The van der Waals surface area contributed by atoms with Gasteiger partial charge in [-0.3, -0.25) is 5.43 Å². The van der Waals surface area contributed by atoms with Crippen molar-refractivity contribution in [2.75, 3.05) is 19.0 Å². The number of benzene rings is 2. The second kappa shape index (κ2) is 10.2. The van der Waals surface area contributed by atoms with Crippen molar-refractivity contribution in [3.05, 3.63) is 54.1 Å². The third-order valence-electron chi connectivity index (χ3n) is 3.78. The van der Waals surface area contributed by atoms with E-state index >= 15 is 0 Å². The zero-order chi connectivity index (χ0) is 20.6. The van der Waals surface area contributed by atoms with Crippen molar-refractivity contribution in [1.29, 1.82) is 0 Å². The van der Waals surface area contributed by atoms with Gasteiger partial charge in [0, 0.05) is 18.3 Å². The molecule has 0 heterocycles. The number of hydrogen-bond donors (Lipinski definition) is 3. The SMILES string of the molecule is CCCNS(=O)(=O)c1ccc(/C(C)=N\NC(=S)Nc2cccc(OC)c2)cc1. The molecular weight excluding hydrogens is 396 g/mol. The topological polar surface area (TPSA) is 91.8 Å². The molecule has 0 spiro atoms. The Labute approximate surface area is 171 Å². The van der Waals surface area contributed by atoms with Gasteiger partial charge in [0.2, 0.25) is 10.0 Å². The number of nitrogens with zero attached hydrogens (tertiary/aromatic N) is 1. The first kappa shape index (κ1) is 21.8. The summed E-state index contributed by atoms with van der Waals surface area (Å²) >= 11 is 5.24. The van der Waals surface area contributed by atoms with Gasteiger partial charge in [-0.25, -0.2) is 13.1 Å². The summed E-state index contributed by atoms with van der Waals surface area (Å²) in [5, 5.41) is 7.59. The van der Waals surface area contributed by atoms with Gasteiger partial charge in [-0.15, -0.1) is 0 Å². The molecule has 28 heavy (non-hydrogen) atoms. The van der Waals surface area contributed by atoms with E-state index in [2.05, 4.69) is 20.6 Å². The monoisotopic (exact) mass is 420 g/mol. The van der Waals surface area contributed by atoms with Gasteiger partial charge in [-0.1, -0.05) is 25.1 Å². The largest absolute Gasteiger partial charge is 0.497 e. The zero-order valence-corrected chi connectivity index (χ0v) is 17.7. The van der Waals surface area contributed by atoms with Gasteiger partial charge < -0.3 is 10.1 Å². The van der Waals surface area contributed by atoms with E-state index in [4.69, 9.17) is 17.0 Å². The van der Waals surface area contributed by atoms with Crippen molar-refractivity contribution in [3.8, 4) is 5.75 Å². The van der Waals surface area contributed by atoms with Crippen LogP contribution < -0.4 is 20.2 Å². The van der Waals surface area contributed by atoms with E-state index in [0.29, 0.717) is 17.4 Å².